The highest BCUT2D eigenvalue weighted by molar-refractivity contribution is 9.09. The molecule has 0 unspecified atom stereocenters. The number of benzene rings is 1. The molecule has 0 aliphatic rings. The van der Waals surface area contributed by atoms with Crippen LogP contribution in [-0.4, -0.2) is 83.9 Å². The molecule has 0 saturated heterocycles. The number of hydrogen-bond acceptors (Lipinski definition) is 8. The van der Waals surface area contributed by atoms with E-state index in [1.165, 1.54) is 21.5 Å². The topological polar surface area (TPSA) is 210 Å². The van der Waals surface area contributed by atoms with Gasteiger partial charge in [0.05, 0.1) is 11.5 Å². The Morgan fingerprint density at radius 2 is 1.33 bits per heavy atom. The summed E-state index contributed by atoms with van der Waals surface area (Å²) in [4.78, 5) is 53.7. The summed E-state index contributed by atoms with van der Waals surface area (Å²) in [6.07, 6.45) is 1.83. The lowest BCUT2D eigenvalue weighted by Gasteiger charge is -2.23. The average molecular weight is 869 g/mol. The van der Waals surface area contributed by atoms with E-state index in [4.69, 9.17) is 11.1 Å². The number of amidine groups is 1. The molecular weight excluding hydrogens is 832 g/mol. The van der Waals surface area contributed by atoms with E-state index in [0.29, 0.717) is 11.3 Å². The normalized spacial score (nSPS) is 10.6. The number of carbonyl (C=O) groups excluding carboxylic acids is 4. The number of nitrogens with two attached hydrogens (primary N) is 1. The Kier molecular flexibility index (Phi) is 14.1. The molecule has 0 aliphatic carbocycles. The number of hydrogen-bond donors (Lipinski definition) is 6. The van der Waals surface area contributed by atoms with Crippen LogP contribution in [0.4, 0.5) is 23.0 Å². The van der Waals surface area contributed by atoms with Gasteiger partial charge in [0.2, 0.25) is 0 Å². The summed E-state index contributed by atoms with van der Waals surface area (Å²) >= 11 is 6.94. The van der Waals surface area contributed by atoms with E-state index in [2.05, 4.69) is 68.2 Å². The molecule has 16 nitrogen and oxygen atoms in total. The zero-order valence-electron chi connectivity index (χ0n) is 26.9. The fraction of sp³-hybridized carbons (Fsp3) is 0.300. The van der Waals surface area contributed by atoms with Crippen LogP contribution in [0.2, 0.25) is 0 Å². The molecule has 4 amide bonds. The Morgan fingerprint density at radius 1 is 0.796 bits per heavy atom. The number of halogens is 3. The van der Waals surface area contributed by atoms with Gasteiger partial charge in [-0.15, -0.1) is 17.0 Å². The highest BCUT2D eigenvalue weighted by Gasteiger charge is 2.20. The second kappa shape index (κ2) is 17.8. The molecule has 0 spiro atoms. The average Bonchev–Trinajstić information content (AvgIpc) is 3.71. The van der Waals surface area contributed by atoms with Crippen molar-refractivity contribution in [2.24, 2.45) is 26.9 Å². The van der Waals surface area contributed by atoms with Crippen molar-refractivity contribution < 1.29 is 19.2 Å². The molecule has 0 fully saturated rings. The third-order valence-corrected chi connectivity index (χ3v) is 7.80. The fourth-order valence-corrected chi connectivity index (χ4v) is 5.56. The first-order chi connectivity index (χ1) is 22.9. The molecule has 49 heavy (non-hydrogen) atoms. The number of alkyl halides is 2. The van der Waals surface area contributed by atoms with Crippen molar-refractivity contribution in [2.75, 3.05) is 51.1 Å². The van der Waals surface area contributed by atoms with Gasteiger partial charge in [-0.05, 0) is 30.3 Å². The van der Waals surface area contributed by atoms with Crippen LogP contribution in [0.3, 0.4) is 0 Å². The number of nitrogens with zero attached hydrogens (tertiary/aromatic N) is 6. The lowest BCUT2D eigenvalue weighted by molar-refractivity contribution is 0.0943. The van der Waals surface area contributed by atoms with Gasteiger partial charge in [-0.3, -0.25) is 34.0 Å². The van der Waals surface area contributed by atoms with Gasteiger partial charge >= 0.3 is 0 Å². The van der Waals surface area contributed by atoms with E-state index in [0.717, 1.165) is 29.4 Å². The Hall–Kier alpha value is -4.49. The van der Waals surface area contributed by atoms with E-state index >= 15 is 0 Å². The van der Waals surface area contributed by atoms with E-state index in [1.807, 2.05) is 12.1 Å². The fourth-order valence-electron chi connectivity index (χ4n) is 4.70. The van der Waals surface area contributed by atoms with Crippen molar-refractivity contribution in [3.05, 3.63) is 71.3 Å². The lowest BCUT2D eigenvalue weighted by atomic mass is 10.1. The van der Waals surface area contributed by atoms with E-state index in [1.54, 1.807) is 50.1 Å². The van der Waals surface area contributed by atoms with Crippen LogP contribution < -0.4 is 31.9 Å². The summed E-state index contributed by atoms with van der Waals surface area (Å²) in [7, 11) is 4.77. The number of aromatic nitrogens is 5. The number of carbonyl (C=O) groups is 4. The predicted molar refractivity (Wildman–Crippen MR) is 201 cm³/mol. The predicted octanol–water partition coefficient (Wildman–Crippen LogP) is 3.48. The SMILES string of the molecule is Br.Cn1cc(NC(=O)c2ccc(N(CCBr)CCBr)cc2)cc1C(=O)Nc1cc(C(=O)Nc2cc(C(=O)NCCC(=N)N)n(C)n2)n(C)n1. The second-order valence-corrected chi connectivity index (χ2v) is 12.2. The first kappa shape index (κ1) is 39.0. The molecule has 0 radical (unpaired) electrons. The first-order valence-corrected chi connectivity index (χ1v) is 16.9. The third-order valence-electron chi connectivity index (χ3n) is 7.09. The maximum absolute atomic E-state index is 13.1. The van der Waals surface area contributed by atoms with Gasteiger partial charge in [-0.25, -0.2) is 0 Å². The molecule has 0 aliphatic heterocycles. The van der Waals surface area contributed by atoms with E-state index < -0.39 is 17.7 Å². The molecule has 3 aromatic heterocycles. The van der Waals surface area contributed by atoms with Gasteiger partial charge in [0.25, 0.3) is 23.6 Å². The molecule has 0 saturated carbocycles. The highest BCUT2D eigenvalue weighted by atomic mass is 79.9. The van der Waals surface area contributed by atoms with Crippen LogP contribution in [0.5, 0.6) is 0 Å². The van der Waals surface area contributed by atoms with E-state index in [9.17, 15) is 19.2 Å². The number of rotatable bonds is 15. The van der Waals surface area contributed by atoms with Crippen molar-refractivity contribution in [3.8, 4) is 0 Å². The molecule has 0 bridgehead atoms. The van der Waals surface area contributed by atoms with Crippen LogP contribution in [0.15, 0.2) is 48.7 Å². The van der Waals surface area contributed by atoms with Crippen molar-refractivity contribution in [1.29, 1.82) is 5.41 Å². The van der Waals surface area contributed by atoms with Crippen molar-refractivity contribution in [1.82, 2.24) is 29.4 Å². The largest absolute Gasteiger partial charge is 0.388 e. The van der Waals surface area contributed by atoms with Crippen LogP contribution in [0.1, 0.15) is 48.2 Å². The molecular formula is C30H37Br3N12O4. The molecule has 4 aromatic rings. The zero-order valence-corrected chi connectivity index (χ0v) is 31.8. The van der Waals surface area contributed by atoms with Gasteiger partial charge in [0.15, 0.2) is 11.6 Å². The maximum atomic E-state index is 13.1. The van der Waals surface area contributed by atoms with Gasteiger partial charge in [-0.2, -0.15) is 10.2 Å². The summed E-state index contributed by atoms with van der Waals surface area (Å²) < 4.78 is 4.18. The minimum absolute atomic E-state index is 0. The summed E-state index contributed by atoms with van der Waals surface area (Å²) in [6.45, 7) is 1.85. The second-order valence-electron chi connectivity index (χ2n) is 10.6. The van der Waals surface area contributed by atoms with Gasteiger partial charge < -0.3 is 36.5 Å². The molecule has 7 N–H and O–H groups in total. The lowest BCUT2D eigenvalue weighted by Crippen LogP contribution is -2.29. The Labute approximate surface area is 309 Å². The molecule has 262 valence electrons. The standard InChI is InChI=1S/C30H36Br2N12O4.BrH/c1-41-17-19(36-27(45)18-4-6-20(7-5-18)44(12-9-31)13-10-32)14-21(41)29(47)37-26-16-23(43(3)40-26)30(48)38-25-15-22(42(2)39-25)28(46)35-11-8-24(33)34;/h4-7,14-17H,8-13H2,1-3H3,(H3,33,34)(H,35,46)(H,36,45)(H,37,40,47)(H,38,39,48);1H. The van der Waals surface area contributed by atoms with Crippen molar-refractivity contribution in [2.45, 2.75) is 6.42 Å². The highest BCUT2D eigenvalue weighted by Crippen LogP contribution is 2.20. The number of anilines is 4. The smallest absolute Gasteiger partial charge is 0.275 e. The van der Waals surface area contributed by atoms with Gasteiger partial charge in [-0.1, -0.05) is 31.9 Å². The van der Waals surface area contributed by atoms with Crippen LogP contribution in [-0.2, 0) is 21.1 Å². The minimum atomic E-state index is -0.567. The molecule has 0 atom stereocenters. The molecule has 3 heterocycles. The van der Waals surface area contributed by atoms with Crippen LogP contribution in [0.25, 0.3) is 0 Å². The van der Waals surface area contributed by atoms with Crippen LogP contribution >= 0.6 is 48.8 Å². The minimum Gasteiger partial charge on any atom is -0.388 e. The number of nitrogens with one attached hydrogen (secondary N) is 5. The molecule has 1 aromatic carbocycles. The van der Waals surface area contributed by atoms with Gasteiger partial charge in [0.1, 0.15) is 17.1 Å². The van der Waals surface area contributed by atoms with Crippen LogP contribution in [0, 0.1) is 5.41 Å². The first-order valence-electron chi connectivity index (χ1n) is 14.7. The number of amides is 4. The van der Waals surface area contributed by atoms with E-state index in [-0.39, 0.29) is 70.4 Å². The van der Waals surface area contributed by atoms with Crippen molar-refractivity contribution in [3.63, 3.8) is 0 Å². The maximum Gasteiger partial charge on any atom is 0.275 e. The summed E-state index contributed by atoms with van der Waals surface area (Å²) in [5, 5.41) is 28.0. The number of aryl methyl sites for hydroxylation is 3. The summed E-state index contributed by atoms with van der Waals surface area (Å²) in [5.41, 5.74) is 7.79. The molecule has 19 heteroatoms. The van der Waals surface area contributed by atoms with Crippen molar-refractivity contribution >= 4 is 101 Å². The summed E-state index contributed by atoms with van der Waals surface area (Å²) in [6, 6.07) is 11.7. The Balaban J connectivity index is 0.00000650. The Bertz CT molecular complexity index is 1810. The third kappa shape index (κ3) is 10.3. The Morgan fingerprint density at radius 3 is 1.86 bits per heavy atom. The molecule has 4 rings (SSSR count). The monoisotopic (exact) mass is 866 g/mol. The van der Waals surface area contributed by atoms with Gasteiger partial charge in [0, 0.05) is 87.4 Å². The summed E-state index contributed by atoms with van der Waals surface area (Å²) in [5.74, 6) is -1.62. The zero-order chi connectivity index (χ0) is 35.0. The quantitative estimate of drug-likeness (QED) is 0.0591.